The largest absolute Gasteiger partial charge is 0.493 e. The van der Waals surface area contributed by atoms with Crippen molar-refractivity contribution in [1.29, 1.82) is 0 Å². The number of hydrogen-bond donors (Lipinski definition) is 1. The molecule has 0 unspecified atom stereocenters. The minimum absolute atomic E-state index is 0.0459. The van der Waals surface area contributed by atoms with Gasteiger partial charge < -0.3 is 14.8 Å². The number of amides is 1. The average molecular weight is 493 g/mol. The molecule has 0 bridgehead atoms. The molecule has 2 aromatic carbocycles. The highest BCUT2D eigenvalue weighted by Gasteiger charge is 2.31. The van der Waals surface area contributed by atoms with Crippen LogP contribution < -0.4 is 14.8 Å². The monoisotopic (exact) mass is 492 g/mol. The first-order valence-electron chi connectivity index (χ1n) is 11.6. The van der Waals surface area contributed by atoms with Crippen molar-refractivity contribution in [3.8, 4) is 11.5 Å². The molecular weight excluding hydrogens is 459 g/mol. The van der Waals surface area contributed by atoms with Gasteiger partial charge in [0.25, 0.3) is 0 Å². The number of carbonyl (C=O) groups is 1. The van der Waals surface area contributed by atoms with Crippen molar-refractivity contribution in [2.75, 3.05) is 33.4 Å². The van der Waals surface area contributed by atoms with Gasteiger partial charge in [-0.1, -0.05) is 24.3 Å². The molecule has 0 aliphatic carbocycles. The van der Waals surface area contributed by atoms with Crippen LogP contribution in [-0.4, -0.2) is 52.0 Å². The summed E-state index contributed by atoms with van der Waals surface area (Å²) < 4.78 is 51.5. The van der Waals surface area contributed by atoms with Gasteiger partial charge in [-0.05, 0) is 56.4 Å². The summed E-state index contributed by atoms with van der Waals surface area (Å²) in [4.78, 5) is 12.6. The predicted molar refractivity (Wildman–Crippen MR) is 129 cm³/mol. The molecule has 1 heterocycles. The van der Waals surface area contributed by atoms with E-state index in [2.05, 4.69) is 5.32 Å². The minimum atomic E-state index is -3.63. The molecule has 0 radical (unpaired) electrons. The lowest BCUT2D eigenvalue weighted by atomic mass is 9.97. The summed E-state index contributed by atoms with van der Waals surface area (Å²) in [5.41, 5.74) is 1.26. The Hall–Kier alpha value is -2.65. The summed E-state index contributed by atoms with van der Waals surface area (Å²) in [6.07, 6.45) is 2.48. The molecule has 9 heteroatoms. The fourth-order valence-electron chi connectivity index (χ4n) is 4.09. The van der Waals surface area contributed by atoms with Crippen LogP contribution in [0.3, 0.4) is 0 Å². The first kappa shape index (κ1) is 26.0. The normalized spacial score (nSPS) is 15.1. The number of rotatable bonds is 11. The highest BCUT2D eigenvalue weighted by Crippen LogP contribution is 2.28. The van der Waals surface area contributed by atoms with Gasteiger partial charge in [0.15, 0.2) is 11.5 Å². The van der Waals surface area contributed by atoms with Crippen molar-refractivity contribution in [1.82, 2.24) is 9.62 Å². The van der Waals surface area contributed by atoms with Crippen LogP contribution in [-0.2, 0) is 27.0 Å². The molecule has 3 rings (SSSR count). The van der Waals surface area contributed by atoms with E-state index in [-0.39, 0.29) is 36.2 Å². The molecule has 2 aromatic rings. The maximum Gasteiger partial charge on any atom is 0.223 e. The number of nitrogens with one attached hydrogen (secondary N) is 1. The maximum atomic E-state index is 13.9. The zero-order chi connectivity index (χ0) is 24.6. The molecule has 1 aliphatic rings. The van der Waals surface area contributed by atoms with Crippen LogP contribution in [0.15, 0.2) is 42.5 Å². The molecule has 1 amide bonds. The second-order valence-corrected chi connectivity index (χ2v) is 10.3. The third kappa shape index (κ3) is 6.93. The van der Waals surface area contributed by atoms with Crippen LogP contribution in [0.25, 0.3) is 0 Å². The summed E-state index contributed by atoms with van der Waals surface area (Å²) in [7, 11) is -2.02. The van der Waals surface area contributed by atoms with Crippen molar-refractivity contribution in [2.24, 2.45) is 5.92 Å². The van der Waals surface area contributed by atoms with Crippen LogP contribution in [0.1, 0.15) is 37.3 Å². The van der Waals surface area contributed by atoms with E-state index < -0.39 is 15.8 Å². The Morgan fingerprint density at radius 3 is 2.56 bits per heavy atom. The second-order valence-electron chi connectivity index (χ2n) is 8.33. The Labute approximate surface area is 201 Å². The first-order chi connectivity index (χ1) is 16.3. The van der Waals surface area contributed by atoms with Crippen LogP contribution >= 0.6 is 0 Å². The van der Waals surface area contributed by atoms with Crippen molar-refractivity contribution >= 4 is 15.9 Å². The third-order valence-electron chi connectivity index (χ3n) is 5.98. The fraction of sp³-hybridized carbons (Fsp3) is 0.480. The number of benzene rings is 2. The molecule has 0 atom stereocenters. The molecular formula is C25H33FN2O5S. The van der Waals surface area contributed by atoms with Gasteiger partial charge in [0, 0.05) is 31.1 Å². The van der Waals surface area contributed by atoms with E-state index in [4.69, 9.17) is 9.47 Å². The number of carbonyl (C=O) groups excluding carboxylic acids is 1. The number of aryl methyl sites for hydroxylation is 1. The van der Waals surface area contributed by atoms with Crippen LogP contribution in [0.2, 0.25) is 0 Å². The Morgan fingerprint density at radius 2 is 1.88 bits per heavy atom. The summed E-state index contributed by atoms with van der Waals surface area (Å²) in [6.45, 7) is 3.56. The Morgan fingerprint density at radius 1 is 1.15 bits per heavy atom. The Bertz CT molecular complexity index is 1070. The number of sulfonamides is 1. The molecule has 1 N–H and O–H groups in total. The zero-order valence-electron chi connectivity index (χ0n) is 19.8. The van der Waals surface area contributed by atoms with Gasteiger partial charge in [-0.15, -0.1) is 0 Å². The van der Waals surface area contributed by atoms with Gasteiger partial charge in [0.1, 0.15) is 5.82 Å². The second kappa shape index (κ2) is 12.2. The number of hydrogen-bond acceptors (Lipinski definition) is 5. The molecule has 186 valence electrons. The molecule has 0 aromatic heterocycles. The lowest BCUT2D eigenvalue weighted by Crippen LogP contribution is -2.43. The molecule has 7 nitrogen and oxygen atoms in total. The van der Waals surface area contributed by atoms with Gasteiger partial charge in [-0.3, -0.25) is 4.79 Å². The van der Waals surface area contributed by atoms with Crippen LogP contribution in [0.5, 0.6) is 11.5 Å². The minimum Gasteiger partial charge on any atom is -0.493 e. The van der Waals surface area contributed by atoms with Gasteiger partial charge in [-0.2, -0.15) is 0 Å². The predicted octanol–water partition coefficient (Wildman–Crippen LogP) is 3.52. The molecule has 34 heavy (non-hydrogen) atoms. The lowest BCUT2D eigenvalue weighted by molar-refractivity contribution is -0.126. The smallest absolute Gasteiger partial charge is 0.223 e. The van der Waals surface area contributed by atoms with Crippen LogP contribution in [0.4, 0.5) is 4.39 Å². The van der Waals surface area contributed by atoms with Crippen molar-refractivity contribution in [2.45, 2.75) is 38.4 Å². The number of nitrogens with zero attached hydrogens (tertiary/aromatic N) is 1. The zero-order valence-corrected chi connectivity index (χ0v) is 20.6. The van der Waals surface area contributed by atoms with E-state index in [1.54, 1.807) is 13.2 Å². The highest BCUT2D eigenvalue weighted by molar-refractivity contribution is 7.88. The average Bonchev–Trinajstić information content (AvgIpc) is 2.84. The van der Waals surface area contributed by atoms with E-state index in [0.29, 0.717) is 37.5 Å². The van der Waals surface area contributed by atoms with Gasteiger partial charge in [0.05, 0.1) is 19.5 Å². The summed E-state index contributed by atoms with van der Waals surface area (Å²) in [6, 6.07) is 11.7. The Kier molecular flexibility index (Phi) is 9.29. The highest BCUT2D eigenvalue weighted by atomic mass is 32.2. The Balaban J connectivity index is 1.41. The van der Waals surface area contributed by atoms with Crippen molar-refractivity contribution < 1.29 is 27.1 Å². The van der Waals surface area contributed by atoms with E-state index >= 15 is 0 Å². The van der Waals surface area contributed by atoms with Gasteiger partial charge >= 0.3 is 0 Å². The summed E-state index contributed by atoms with van der Waals surface area (Å²) in [5.74, 6) is 0.252. The van der Waals surface area contributed by atoms with E-state index in [1.807, 2.05) is 25.1 Å². The van der Waals surface area contributed by atoms with Gasteiger partial charge in [-0.25, -0.2) is 17.1 Å². The summed E-state index contributed by atoms with van der Waals surface area (Å²) in [5, 5.41) is 2.97. The molecule has 1 aliphatic heterocycles. The number of piperidine rings is 1. The lowest BCUT2D eigenvalue weighted by Gasteiger charge is -2.30. The first-order valence-corrected chi connectivity index (χ1v) is 13.2. The van der Waals surface area contributed by atoms with Crippen LogP contribution in [0, 0.1) is 11.7 Å². The third-order valence-corrected chi connectivity index (χ3v) is 7.81. The SMILES string of the molecule is CCOc1ccc(CCCNC(=O)C2CCN(S(=O)(=O)Cc3ccccc3F)CC2)cc1OC. The topological polar surface area (TPSA) is 84.9 Å². The summed E-state index contributed by atoms with van der Waals surface area (Å²) >= 11 is 0. The fourth-order valence-corrected chi connectivity index (χ4v) is 5.67. The standard InChI is InChI=1S/C25H33FN2O5S/c1-3-33-23-11-10-19(17-24(23)32-2)7-6-14-27-25(29)20-12-15-28(16-13-20)34(30,31)18-21-8-4-5-9-22(21)26/h4-5,8-11,17,20H,3,6-7,12-16,18H2,1-2H3,(H,27,29). The van der Waals surface area contributed by atoms with Crippen molar-refractivity contribution in [3.63, 3.8) is 0 Å². The molecule has 1 saturated heterocycles. The number of halogens is 1. The van der Waals surface area contributed by atoms with E-state index in [1.165, 1.54) is 22.5 Å². The molecule has 0 spiro atoms. The van der Waals surface area contributed by atoms with Gasteiger partial charge in [0.2, 0.25) is 15.9 Å². The molecule has 1 fully saturated rings. The van der Waals surface area contributed by atoms with E-state index in [9.17, 15) is 17.6 Å². The number of methoxy groups -OCH3 is 1. The van der Waals surface area contributed by atoms with Crippen molar-refractivity contribution in [3.05, 3.63) is 59.4 Å². The van der Waals surface area contributed by atoms with E-state index in [0.717, 1.165) is 18.4 Å². The quantitative estimate of drug-likeness (QED) is 0.485. The number of ether oxygens (including phenoxy) is 2. The molecule has 0 saturated carbocycles. The maximum absolute atomic E-state index is 13.9.